The molecule has 5 heteroatoms. The summed E-state index contributed by atoms with van der Waals surface area (Å²) in [4.78, 5) is 0. The molecule has 0 saturated heterocycles. The number of hydrogen-bond donors (Lipinski definition) is 1. The molecule has 0 unspecified atom stereocenters. The van der Waals surface area contributed by atoms with Gasteiger partial charge in [0.05, 0.1) is 12.7 Å². The Morgan fingerprint density at radius 1 is 1.35 bits per heavy atom. The summed E-state index contributed by atoms with van der Waals surface area (Å²) in [6, 6.07) is 3.30. The van der Waals surface area contributed by atoms with Crippen molar-refractivity contribution in [2.75, 3.05) is 13.7 Å². The lowest BCUT2D eigenvalue weighted by Gasteiger charge is -2.10. The van der Waals surface area contributed by atoms with E-state index in [2.05, 4.69) is 0 Å². The highest BCUT2D eigenvalue weighted by molar-refractivity contribution is 5.58. The number of methoxy groups -OCH3 is 1. The molecule has 0 heterocycles. The summed E-state index contributed by atoms with van der Waals surface area (Å²) in [5.74, 6) is 0.161. The fraction of sp³-hybridized carbons (Fsp3) is 0.333. The van der Waals surface area contributed by atoms with Gasteiger partial charge in [-0.25, -0.2) is 0 Å². The summed E-state index contributed by atoms with van der Waals surface area (Å²) >= 11 is 0. The molecule has 0 aliphatic heterocycles. The molecule has 0 saturated carbocycles. The first-order chi connectivity index (χ1) is 7.99. The van der Waals surface area contributed by atoms with Crippen molar-refractivity contribution >= 4 is 6.08 Å². The number of halogens is 3. The second-order valence-corrected chi connectivity index (χ2v) is 3.37. The molecule has 0 spiro atoms. The predicted molar refractivity (Wildman–Crippen MR) is 58.7 cm³/mol. The van der Waals surface area contributed by atoms with Crippen LogP contribution in [-0.4, -0.2) is 18.8 Å². The number of aliphatic hydroxyl groups is 1. The van der Waals surface area contributed by atoms with Crippen molar-refractivity contribution in [1.82, 2.24) is 0 Å². The summed E-state index contributed by atoms with van der Waals surface area (Å²) in [6.45, 7) is -0.000545. The maximum Gasteiger partial charge on any atom is 0.416 e. The smallest absolute Gasteiger partial charge is 0.416 e. The maximum atomic E-state index is 12.4. The normalized spacial score (nSPS) is 12.1. The third-order valence-corrected chi connectivity index (χ3v) is 2.15. The average molecular weight is 246 g/mol. The Balaban J connectivity index is 3.01. The Morgan fingerprint density at radius 3 is 2.59 bits per heavy atom. The molecule has 0 atom stereocenters. The molecule has 94 valence electrons. The summed E-state index contributed by atoms with van der Waals surface area (Å²) < 4.78 is 42.2. The summed E-state index contributed by atoms with van der Waals surface area (Å²) in [6.07, 6.45) is -0.634. The van der Waals surface area contributed by atoms with Crippen LogP contribution in [-0.2, 0) is 6.18 Å². The number of rotatable bonds is 4. The minimum absolute atomic E-state index is 0.000545. The first-order valence-corrected chi connectivity index (χ1v) is 5.01. The fourth-order valence-electron chi connectivity index (χ4n) is 1.31. The van der Waals surface area contributed by atoms with E-state index in [0.29, 0.717) is 12.0 Å². The van der Waals surface area contributed by atoms with Crippen molar-refractivity contribution in [2.24, 2.45) is 0 Å². The molecule has 0 radical (unpaired) electrons. The van der Waals surface area contributed by atoms with Gasteiger partial charge in [0.25, 0.3) is 0 Å². The number of benzene rings is 1. The lowest BCUT2D eigenvalue weighted by molar-refractivity contribution is -0.137. The zero-order valence-corrected chi connectivity index (χ0v) is 9.29. The largest absolute Gasteiger partial charge is 0.496 e. The Bertz CT molecular complexity index is 397. The van der Waals surface area contributed by atoms with Crippen LogP contribution in [0, 0.1) is 0 Å². The van der Waals surface area contributed by atoms with E-state index in [1.54, 1.807) is 12.2 Å². The highest BCUT2D eigenvalue weighted by atomic mass is 19.4. The quantitative estimate of drug-likeness (QED) is 0.884. The van der Waals surface area contributed by atoms with E-state index in [0.717, 1.165) is 12.1 Å². The predicted octanol–water partition coefficient (Wildman–Crippen LogP) is 3.11. The third kappa shape index (κ3) is 3.78. The molecule has 17 heavy (non-hydrogen) atoms. The highest BCUT2D eigenvalue weighted by Gasteiger charge is 2.31. The lowest BCUT2D eigenvalue weighted by Crippen LogP contribution is -2.05. The van der Waals surface area contributed by atoms with Gasteiger partial charge >= 0.3 is 6.18 Å². The van der Waals surface area contributed by atoms with E-state index in [9.17, 15) is 13.2 Å². The van der Waals surface area contributed by atoms with Crippen molar-refractivity contribution in [3.63, 3.8) is 0 Å². The van der Waals surface area contributed by atoms with Gasteiger partial charge in [0.2, 0.25) is 0 Å². The van der Waals surface area contributed by atoms with Crippen LogP contribution >= 0.6 is 0 Å². The van der Waals surface area contributed by atoms with Crippen molar-refractivity contribution in [3.05, 3.63) is 35.4 Å². The molecule has 1 aromatic rings. The zero-order valence-electron chi connectivity index (χ0n) is 9.29. The van der Waals surface area contributed by atoms with Gasteiger partial charge in [-0.1, -0.05) is 18.2 Å². The molecule has 0 bridgehead atoms. The van der Waals surface area contributed by atoms with Gasteiger partial charge in [0.15, 0.2) is 0 Å². The van der Waals surface area contributed by atoms with Gasteiger partial charge in [0.1, 0.15) is 5.75 Å². The number of hydrogen-bond acceptors (Lipinski definition) is 2. The van der Waals surface area contributed by atoms with E-state index in [-0.39, 0.29) is 12.4 Å². The fourth-order valence-corrected chi connectivity index (χ4v) is 1.31. The Kier molecular flexibility index (Phi) is 4.57. The molecule has 0 aliphatic rings. The molecule has 0 amide bonds. The second-order valence-electron chi connectivity index (χ2n) is 3.37. The van der Waals surface area contributed by atoms with E-state index in [1.807, 2.05) is 0 Å². The standard InChI is InChI=1S/C12H13F3O2/c1-17-11-8-10(12(13,14)15)6-5-9(11)4-2-3-7-16/h2,4-6,8,16H,3,7H2,1H3. The minimum Gasteiger partial charge on any atom is -0.496 e. The SMILES string of the molecule is COc1cc(C(F)(F)F)ccc1C=CCCO. The van der Waals surface area contributed by atoms with Gasteiger partial charge in [0, 0.05) is 12.2 Å². The molecular weight excluding hydrogens is 233 g/mol. The minimum atomic E-state index is -4.37. The highest BCUT2D eigenvalue weighted by Crippen LogP contribution is 2.33. The van der Waals surface area contributed by atoms with E-state index in [4.69, 9.17) is 9.84 Å². The van der Waals surface area contributed by atoms with Gasteiger partial charge in [-0.15, -0.1) is 0 Å². The van der Waals surface area contributed by atoms with Gasteiger partial charge < -0.3 is 9.84 Å². The first-order valence-electron chi connectivity index (χ1n) is 5.01. The van der Waals surface area contributed by atoms with Crippen molar-refractivity contribution in [1.29, 1.82) is 0 Å². The molecule has 2 nitrogen and oxygen atoms in total. The van der Waals surface area contributed by atoms with Crippen LogP contribution in [0.3, 0.4) is 0 Å². The Hall–Kier alpha value is -1.49. The van der Waals surface area contributed by atoms with Crippen molar-refractivity contribution in [2.45, 2.75) is 12.6 Å². The van der Waals surface area contributed by atoms with E-state index >= 15 is 0 Å². The Labute approximate surface area is 97.3 Å². The van der Waals surface area contributed by atoms with E-state index in [1.165, 1.54) is 13.2 Å². The van der Waals surface area contributed by atoms with Crippen LogP contribution in [0.25, 0.3) is 6.08 Å². The van der Waals surface area contributed by atoms with Gasteiger partial charge in [-0.3, -0.25) is 0 Å². The van der Waals surface area contributed by atoms with Crippen molar-refractivity contribution in [3.8, 4) is 5.75 Å². The van der Waals surface area contributed by atoms with Gasteiger partial charge in [-0.2, -0.15) is 13.2 Å². The number of alkyl halides is 3. The Morgan fingerprint density at radius 2 is 2.06 bits per heavy atom. The van der Waals surface area contributed by atoms with Crippen molar-refractivity contribution < 1.29 is 23.0 Å². The first kappa shape index (κ1) is 13.6. The van der Waals surface area contributed by atoms with Gasteiger partial charge in [-0.05, 0) is 18.6 Å². The topological polar surface area (TPSA) is 29.5 Å². The molecular formula is C12H13F3O2. The molecule has 1 aromatic carbocycles. The average Bonchev–Trinajstić information content (AvgIpc) is 2.28. The second kappa shape index (κ2) is 5.72. The summed E-state index contributed by atoms with van der Waals surface area (Å²) in [7, 11) is 1.32. The lowest BCUT2D eigenvalue weighted by atomic mass is 10.1. The summed E-state index contributed by atoms with van der Waals surface area (Å²) in [5.41, 5.74) is -0.192. The van der Waals surface area contributed by atoms with Crippen LogP contribution in [0.4, 0.5) is 13.2 Å². The molecule has 0 aliphatic carbocycles. The third-order valence-electron chi connectivity index (χ3n) is 2.15. The van der Waals surface area contributed by atoms with E-state index < -0.39 is 11.7 Å². The molecule has 1 rings (SSSR count). The van der Waals surface area contributed by atoms with Crippen LogP contribution in [0.1, 0.15) is 17.5 Å². The van der Waals surface area contributed by atoms with Crippen LogP contribution < -0.4 is 4.74 Å². The molecule has 0 aromatic heterocycles. The molecule has 1 N–H and O–H groups in total. The molecule has 0 fully saturated rings. The summed E-state index contributed by atoms with van der Waals surface area (Å²) in [5, 5.41) is 8.59. The van der Waals surface area contributed by atoms with Crippen LogP contribution in [0.15, 0.2) is 24.3 Å². The van der Waals surface area contributed by atoms with Crippen LogP contribution in [0.5, 0.6) is 5.75 Å². The monoisotopic (exact) mass is 246 g/mol. The number of aliphatic hydroxyl groups excluding tert-OH is 1. The number of ether oxygens (including phenoxy) is 1. The zero-order chi connectivity index (χ0) is 12.9. The maximum absolute atomic E-state index is 12.4. The van der Waals surface area contributed by atoms with Crippen LogP contribution in [0.2, 0.25) is 0 Å².